The van der Waals surface area contributed by atoms with Gasteiger partial charge in [0, 0.05) is 13.1 Å². The molecule has 1 heterocycles. The molecule has 3 aromatic rings. The van der Waals surface area contributed by atoms with Gasteiger partial charge in [-0.1, -0.05) is 12.1 Å². The van der Waals surface area contributed by atoms with Gasteiger partial charge in [0.2, 0.25) is 0 Å². The van der Waals surface area contributed by atoms with Crippen molar-refractivity contribution in [2.75, 3.05) is 13.7 Å². The number of fused-ring (bicyclic) bond motifs is 1. The lowest BCUT2D eigenvalue weighted by molar-refractivity contribution is 0.0949. The number of aromatic hydroxyl groups is 1. The number of rotatable bonds is 6. The first kappa shape index (κ1) is 15.9. The monoisotopic (exact) mass is 325 g/mol. The Hall–Kier alpha value is -3.02. The van der Waals surface area contributed by atoms with Crippen LogP contribution in [0.25, 0.3) is 11.0 Å². The van der Waals surface area contributed by atoms with Crippen LogP contribution in [0.1, 0.15) is 16.8 Å². The molecule has 0 radical (unpaired) electrons. The number of amides is 1. The molecule has 0 unspecified atom stereocenters. The van der Waals surface area contributed by atoms with Gasteiger partial charge in [0.1, 0.15) is 11.5 Å². The number of phenols is 1. The zero-order chi connectivity index (χ0) is 16.9. The fourth-order valence-corrected chi connectivity index (χ4v) is 2.56. The Kier molecular flexibility index (Phi) is 4.65. The standard InChI is InChI=1S/C18H19N3O3/c1-24-13-7-8-17(22)14(11-13)18(23)19-9-4-10-21-12-20-15-5-2-3-6-16(15)21/h2-3,5-8,11-12,22H,4,9-10H2,1H3,(H,19,23). The van der Waals surface area contributed by atoms with Gasteiger partial charge in [-0.2, -0.15) is 0 Å². The summed E-state index contributed by atoms with van der Waals surface area (Å²) in [6.45, 7) is 1.26. The summed E-state index contributed by atoms with van der Waals surface area (Å²) in [5.74, 6) is 0.152. The first-order valence-corrected chi connectivity index (χ1v) is 7.74. The number of nitrogens with zero attached hydrogens (tertiary/aromatic N) is 2. The molecule has 0 bridgehead atoms. The van der Waals surface area contributed by atoms with Crippen LogP contribution in [0.15, 0.2) is 48.8 Å². The molecule has 0 aliphatic carbocycles. The van der Waals surface area contributed by atoms with Crippen LogP contribution in [0.2, 0.25) is 0 Å². The minimum absolute atomic E-state index is 0.0612. The zero-order valence-electron chi connectivity index (χ0n) is 13.4. The van der Waals surface area contributed by atoms with Crippen LogP contribution in [0.5, 0.6) is 11.5 Å². The van der Waals surface area contributed by atoms with Crippen molar-refractivity contribution in [2.45, 2.75) is 13.0 Å². The second kappa shape index (κ2) is 7.04. The number of hydrogen-bond acceptors (Lipinski definition) is 4. The summed E-state index contributed by atoms with van der Waals surface area (Å²) in [6, 6.07) is 12.5. The van der Waals surface area contributed by atoms with E-state index in [1.54, 1.807) is 12.4 Å². The van der Waals surface area contributed by atoms with Gasteiger partial charge in [-0.15, -0.1) is 0 Å². The van der Waals surface area contributed by atoms with Crippen molar-refractivity contribution in [2.24, 2.45) is 0 Å². The molecule has 2 aromatic carbocycles. The number of carbonyl (C=O) groups is 1. The molecule has 24 heavy (non-hydrogen) atoms. The number of imidazole rings is 1. The highest BCUT2D eigenvalue weighted by Crippen LogP contribution is 2.22. The van der Waals surface area contributed by atoms with E-state index in [1.807, 2.05) is 24.3 Å². The van der Waals surface area contributed by atoms with E-state index in [2.05, 4.69) is 14.9 Å². The van der Waals surface area contributed by atoms with E-state index in [0.717, 1.165) is 24.0 Å². The fourth-order valence-electron chi connectivity index (χ4n) is 2.56. The van der Waals surface area contributed by atoms with Gasteiger partial charge < -0.3 is 19.7 Å². The number of carbonyl (C=O) groups excluding carboxylic acids is 1. The molecular weight excluding hydrogens is 306 g/mol. The average Bonchev–Trinajstić information content (AvgIpc) is 3.02. The number of phenolic OH excluding ortho intramolecular Hbond substituents is 1. The van der Waals surface area contributed by atoms with Crippen LogP contribution in [0.3, 0.4) is 0 Å². The third-order valence-electron chi connectivity index (χ3n) is 3.84. The van der Waals surface area contributed by atoms with E-state index in [0.29, 0.717) is 12.3 Å². The Labute approximate surface area is 139 Å². The molecule has 0 aliphatic rings. The topological polar surface area (TPSA) is 76.4 Å². The van der Waals surface area contributed by atoms with Gasteiger partial charge in [0.15, 0.2) is 0 Å². The molecular formula is C18H19N3O3. The number of para-hydroxylation sites is 2. The van der Waals surface area contributed by atoms with E-state index in [1.165, 1.54) is 19.2 Å². The van der Waals surface area contributed by atoms with Crippen molar-refractivity contribution >= 4 is 16.9 Å². The Morgan fingerprint density at radius 3 is 2.96 bits per heavy atom. The second-order valence-corrected chi connectivity index (χ2v) is 5.42. The molecule has 0 atom stereocenters. The highest BCUT2D eigenvalue weighted by molar-refractivity contribution is 5.97. The van der Waals surface area contributed by atoms with Gasteiger partial charge >= 0.3 is 0 Å². The summed E-state index contributed by atoms with van der Waals surface area (Å²) in [6.07, 6.45) is 2.57. The minimum Gasteiger partial charge on any atom is -0.507 e. The number of ether oxygens (including phenoxy) is 1. The number of aromatic nitrogens is 2. The SMILES string of the molecule is COc1ccc(O)c(C(=O)NCCCn2cnc3ccccc32)c1. The predicted molar refractivity (Wildman–Crippen MR) is 91.3 cm³/mol. The van der Waals surface area contributed by atoms with Crippen molar-refractivity contribution in [1.29, 1.82) is 0 Å². The highest BCUT2D eigenvalue weighted by Gasteiger charge is 2.12. The van der Waals surface area contributed by atoms with Gasteiger partial charge in [0.05, 0.1) is 30.0 Å². The number of hydrogen-bond donors (Lipinski definition) is 2. The number of methoxy groups -OCH3 is 1. The summed E-state index contributed by atoms with van der Waals surface area (Å²) in [4.78, 5) is 16.5. The molecule has 1 aromatic heterocycles. The van der Waals surface area contributed by atoms with Gasteiger partial charge in [-0.3, -0.25) is 4.79 Å². The summed E-state index contributed by atoms with van der Waals surface area (Å²) in [5, 5.41) is 12.6. The molecule has 0 saturated heterocycles. The summed E-state index contributed by atoms with van der Waals surface area (Å²) >= 11 is 0. The van der Waals surface area contributed by atoms with Crippen LogP contribution in [0.4, 0.5) is 0 Å². The molecule has 0 aliphatic heterocycles. The summed E-state index contributed by atoms with van der Waals surface area (Å²) < 4.78 is 7.13. The van der Waals surface area contributed by atoms with Crippen molar-refractivity contribution in [1.82, 2.24) is 14.9 Å². The quantitative estimate of drug-likeness (QED) is 0.683. The van der Waals surface area contributed by atoms with Crippen molar-refractivity contribution < 1.29 is 14.6 Å². The molecule has 2 N–H and O–H groups in total. The van der Waals surface area contributed by atoms with Crippen LogP contribution < -0.4 is 10.1 Å². The third kappa shape index (κ3) is 3.32. The molecule has 6 heteroatoms. The van der Waals surface area contributed by atoms with Crippen LogP contribution >= 0.6 is 0 Å². The van der Waals surface area contributed by atoms with E-state index in [4.69, 9.17) is 4.74 Å². The maximum absolute atomic E-state index is 12.2. The van der Waals surface area contributed by atoms with Gasteiger partial charge in [0.25, 0.3) is 5.91 Å². The molecule has 0 spiro atoms. The molecule has 0 saturated carbocycles. The van der Waals surface area contributed by atoms with E-state index in [-0.39, 0.29) is 17.2 Å². The normalized spacial score (nSPS) is 10.7. The van der Waals surface area contributed by atoms with Gasteiger partial charge in [-0.05, 0) is 36.8 Å². The number of nitrogens with one attached hydrogen (secondary N) is 1. The fraction of sp³-hybridized carbons (Fsp3) is 0.222. The number of benzene rings is 2. The van der Waals surface area contributed by atoms with Crippen LogP contribution in [-0.2, 0) is 6.54 Å². The molecule has 0 fully saturated rings. The van der Waals surface area contributed by atoms with Crippen LogP contribution in [-0.4, -0.2) is 34.2 Å². The van der Waals surface area contributed by atoms with Crippen molar-refractivity contribution in [3.8, 4) is 11.5 Å². The second-order valence-electron chi connectivity index (χ2n) is 5.42. The van der Waals surface area contributed by atoms with Crippen molar-refractivity contribution in [3.05, 3.63) is 54.4 Å². The summed E-state index contributed by atoms with van der Waals surface area (Å²) in [7, 11) is 1.52. The van der Waals surface area contributed by atoms with E-state index >= 15 is 0 Å². The zero-order valence-corrected chi connectivity index (χ0v) is 13.4. The third-order valence-corrected chi connectivity index (χ3v) is 3.84. The highest BCUT2D eigenvalue weighted by atomic mass is 16.5. The summed E-state index contributed by atoms with van der Waals surface area (Å²) in [5.41, 5.74) is 2.25. The Morgan fingerprint density at radius 2 is 2.12 bits per heavy atom. The Balaban J connectivity index is 1.56. The Morgan fingerprint density at radius 1 is 1.29 bits per heavy atom. The molecule has 1 amide bonds. The lowest BCUT2D eigenvalue weighted by Gasteiger charge is -2.09. The van der Waals surface area contributed by atoms with Crippen molar-refractivity contribution in [3.63, 3.8) is 0 Å². The maximum atomic E-state index is 12.2. The molecule has 3 rings (SSSR count). The Bertz CT molecular complexity index is 858. The first-order valence-electron chi connectivity index (χ1n) is 7.74. The lowest BCUT2D eigenvalue weighted by atomic mass is 10.1. The smallest absolute Gasteiger partial charge is 0.255 e. The van der Waals surface area contributed by atoms with E-state index in [9.17, 15) is 9.90 Å². The molecule has 6 nitrogen and oxygen atoms in total. The van der Waals surface area contributed by atoms with Gasteiger partial charge in [-0.25, -0.2) is 4.98 Å². The lowest BCUT2D eigenvalue weighted by Crippen LogP contribution is -2.25. The largest absolute Gasteiger partial charge is 0.507 e. The first-order chi connectivity index (χ1) is 11.7. The predicted octanol–water partition coefficient (Wildman–Crippen LogP) is 2.57. The maximum Gasteiger partial charge on any atom is 0.255 e. The minimum atomic E-state index is -0.318. The van der Waals surface area contributed by atoms with Crippen LogP contribution in [0, 0.1) is 0 Å². The van der Waals surface area contributed by atoms with E-state index < -0.39 is 0 Å². The molecule has 124 valence electrons. The average molecular weight is 325 g/mol. The number of aryl methyl sites for hydroxylation is 1.